The van der Waals surface area contributed by atoms with E-state index in [0.717, 1.165) is 5.57 Å². The highest BCUT2D eigenvalue weighted by atomic mass is 33.5. The van der Waals surface area contributed by atoms with Crippen molar-refractivity contribution >= 4 is 57.5 Å². The van der Waals surface area contributed by atoms with Crippen LogP contribution in [-0.2, 0) is 4.79 Å². The van der Waals surface area contributed by atoms with Gasteiger partial charge in [0.15, 0.2) is 5.78 Å². The van der Waals surface area contributed by atoms with E-state index in [0.29, 0.717) is 0 Å². The Bertz CT molecular complexity index is 641. The van der Waals surface area contributed by atoms with Crippen LogP contribution in [0.2, 0.25) is 0 Å². The molecular weight excluding hydrogens is 312 g/mol. The number of hydrogen-bond donors (Lipinski definition) is 0. The average Bonchev–Trinajstić information content (AvgIpc) is 2.95. The molecular formula is C14H12OS4. The fourth-order valence-corrected chi connectivity index (χ4v) is 10.9. The van der Waals surface area contributed by atoms with E-state index in [2.05, 4.69) is 30.3 Å². The lowest BCUT2D eigenvalue weighted by Gasteiger charge is -2.05. The molecule has 0 N–H and O–H groups in total. The molecule has 1 aromatic rings. The van der Waals surface area contributed by atoms with Crippen molar-refractivity contribution in [2.45, 2.75) is 6.92 Å². The number of hydrogen-bond acceptors (Lipinski definition) is 4. The van der Waals surface area contributed by atoms with Crippen molar-refractivity contribution in [1.29, 1.82) is 0 Å². The van der Waals surface area contributed by atoms with Crippen LogP contribution in [0.4, 0.5) is 0 Å². The Kier molecular flexibility index (Phi) is 3.98. The van der Waals surface area contributed by atoms with Gasteiger partial charge in [0.25, 0.3) is 0 Å². The summed E-state index contributed by atoms with van der Waals surface area (Å²) in [5.41, 5.74) is 2.19. The third-order valence-electron chi connectivity index (χ3n) is 2.80. The Morgan fingerprint density at radius 3 is 2.58 bits per heavy atom. The molecule has 1 aromatic carbocycles. The van der Waals surface area contributed by atoms with Crippen molar-refractivity contribution in [2.75, 3.05) is 6.26 Å². The van der Waals surface area contributed by atoms with Gasteiger partial charge >= 0.3 is 0 Å². The number of allylic oxidation sites excluding steroid dienone is 2. The standard InChI is InChI=1S/C14H12OS4/c1-9(15)13-12-8-11(10-6-4-3-5-7-10)17-19(12)18-14(13)16-2/h3-8H,1-2H3. The Balaban J connectivity index is 1.98. The van der Waals surface area contributed by atoms with Crippen LogP contribution < -0.4 is 0 Å². The van der Waals surface area contributed by atoms with Gasteiger partial charge in [0.2, 0.25) is 0 Å². The van der Waals surface area contributed by atoms with Gasteiger partial charge in [-0.05, 0) is 35.6 Å². The lowest BCUT2D eigenvalue weighted by molar-refractivity contribution is -0.113. The van der Waals surface area contributed by atoms with Gasteiger partial charge in [0.1, 0.15) is 0 Å². The molecule has 0 spiro atoms. The van der Waals surface area contributed by atoms with Gasteiger partial charge in [-0.25, -0.2) is 0 Å². The SMILES string of the molecule is CSC1=C(C(C)=O)C2=S(SC(c3ccccc3)=C2)S1. The molecule has 19 heavy (non-hydrogen) atoms. The van der Waals surface area contributed by atoms with E-state index in [-0.39, 0.29) is 14.3 Å². The number of rotatable bonds is 3. The molecule has 1 atom stereocenters. The second-order valence-corrected chi connectivity index (χ2v) is 10.9. The van der Waals surface area contributed by atoms with E-state index < -0.39 is 0 Å². The van der Waals surface area contributed by atoms with Crippen LogP contribution in [-0.4, -0.2) is 16.9 Å². The monoisotopic (exact) mass is 324 g/mol. The molecule has 0 saturated heterocycles. The van der Waals surface area contributed by atoms with Crippen molar-refractivity contribution in [3.05, 3.63) is 51.8 Å². The van der Waals surface area contributed by atoms with Gasteiger partial charge in [-0.1, -0.05) is 49.7 Å². The minimum absolute atomic E-state index is 0.0626. The van der Waals surface area contributed by atoms with Crippen molar-refractivity contribution in [3.63, 3.8) is 0 Å². The predicted molar refractivity (Wildman–Crippen MR) is 93.4 cm³/mol. The first-order valence-electron chi connectivity index (χ1n) is 5.75. The Morgan fingerprint density at radius 1 is 1.21 bits per heavy atom. The molecule has 98 valence electrons. The molecule has 0 fully saturated rings. The second kappa shape index (κ2) is 5.56. The van der Waals surface area contributed by atoms with Crippen LogP contribution in [0.25, 0.3) is 4.91 Å². The third-order valence-corrected chi connectivity index (χ3v) is 10.6. The molecule has 1 unspecified atom stereocenters. The number of carbonyl (C=O) groups excluding carboxylic acids is 1. The number of Topliss-reactive ketones (excluding diaryl/α,β-unsaturated/α-hetero) is 1. The van der Waals surface area contributed by atoms with Gasteiger partial charge in [-0.3, -0.25) is 4.79 Å². The summed E-state index contributed by atoms with van der Waals surface area (Å²) in [5.74, 6) is 0.188. The topological polar surface area (TPSA) is 17.1 Å². The van der Waals surface area contributed by atoms with Crippen molar-refractivity contribution < 1.29 is 4.79 Å². The summed E-state index contributed by atoms with van der Waals surface area (Å²) in [4.78, 5) is 14.4. The predicted octanol–water partition coefficient (Wildman–Crippen LogP) is 4.96. The van der Waals surface area contributed by atoms with E-state index in [1.165, 1.54) is 19.6 Å². The number of ketones is 1. The zero-order chi connectivity index (χ0) is 13.4. The quantitative estimate of drug-likeness (QED) is 0.577. The molecule has 0 saturated carbocycles. The lowest BCUT2D eigenvalue weighted by atomic mass is 10.1. The van der Waals surface area contributed by atoms with E-state index in [1.54, 1.807) is 18.7 Å². The van der Waals surface area contributed by atoms with E-state index in [1.807, 2.05) is 33.9 Å². The summed E-state index contributed by atoms with van der Waals surface area (Å²) in [6.45, 7) is 1.67. The van der Waals surface area contributed by atoms with Crippen molar-refractivity contribution in [1.82, 2.24) is 0 Å². The minimum Gasteiger partial charge on any atom is -0.294 e. The summed E-state index contributed by atoms with van der Waals surface area (Å²) >= 11 is 1.69. The summed E-state index contributed by atoms with van der Waals surface area (Å²) in [6, 6.07) is 10.4. The molecule has 0 amide bonds. The number of benzene rings is 1. The molecule has 1 nitrogen and oxygen atoms in total. The molecule has 3 rings (SSSR count). The number of carbonyl (C=O) groups is 1. The smallest absolute Gasteiger partial charge is 0.162 e. The van der Waals surface area contributed by atoms with E-state index in [4.69, 9.17) is 0 Å². The fraction of sp³-hybridized carbons (Fsp3) is 0.143. The third kappa shape index (κ3) is 2.49. The second-order valence-electron chi connectivity index (χ2n) is 4.06. The van der Waals surface area contributed by atoms with E-state index in [9.17, 15) is 4.79 Å². The van der Waals surface area contributed by atoms with Gasteiger partial charge in [0, 0.05) is 9.77 Å². The average molecular weight is 325 g/mol. The largest absolute Gasteiger partial charge is 0.294 e. The van der Waals surface area contributed by atoms with Gasteiger partial charge in [-0.15, -0.1) is 11.8 Å². The van der Waals surface area contributed by atoms with Gasteiger partial charge in [0.05, 0.1) is 9.81 Å². The maximum atomic E-state index is 11.9. The maximum Gasteiger partial charge on any atom is 0.162 e. The molecule has 5 heteroatoms. The van der Waals surface area contributed by atoms with E-state index >= 15 is 0 Å². The van der Waals surface area contributed by atoms with Crippen LogP contribution >= 0.6 is 41.9 Å². The highest BCUT2D eigenvalue weighted by molar-refractivity contribution is 9.19. The van der Waals surface area contributed by atoms with Crippen LogP contribution in [0.15, 0.2) is 46.2 Å². The van der Waals surface area contributed by atoms with Gasteiger partial charge < -0.3 is 0 Å². The summed E-state index contributed by atoms with van der Waals surface area (Å²) < 4.78 is 1.18. The molecule has 0 radical (unpaired) electrons. The molecule has 2 aliphatic heterocycles. The zero-order valence-corrected chi connectivity index (χ0v) is 13.8. The fourth-order valence-electron chi connectivity index (χ4n) is 1.93. The molecule has 2 aliphatic rings. The Morgan fingerprint density at radius 2 is 1.95 bits per heavy atom. The molecule has 0 aliphatic carbocycles. The molecule has 2 heterocycles. The maximum absolute atomic E-state index is 11.9. The summed E-state index contributed by atoms with van der Waals surface area (Å²) in [5, 5.41) is 0. The Labute approximate surface area is 127 Å². The number of thioether (sulfide) groups is 1. The van der Waals surface area contributed by atoms with Crippen LogP contribution in [0.3, 0.4) is 0 Å². The minimum atomic E-state index is 0.0626. The summed E-state index contributed by atoms with van der Waals surface area (Å²) in [6.07, 6.45) is 4.25. The van der Waals surface area contributed by atoms with Crippen molar-refractivity contribution in [3.8, 4) is 0 Å². The molecule has 0 bridgehead atoms. The first-order chi connectivity index (χ1) is 9.20. The normalized spacial score (nSPS) is 21.7. The molecule has 0 aromatic heterocycles. The van der Waals surface area contributed by atoms with Crippen LogP contribution in [0.1, 0.15) is 12.5 Å². The summed E-state index contributed by atoms with van der Waals surface area (Å²) in [7, 11) is 3.78. The Hall–Kier alpha value is -0.360. The van der Waals surface area contributed by atoms with Crippen molar-refractivity contribution in [2.24, 2.45) is 0 Å². The first kappa shape index (κ1) is 13.6. The van der Waals surface area contributed by atoms with Gasteiger partial charge in [-0.2, -0.15) is 0 Å². The lowest BCUT2D eigenvalue weighted by Crippen LogP contribution is -2.05. The zero-order valence-electron chi connectivity index (χ0n) is 10.5. The van der Waals surface area contributed by atoms with Crippen LogP contribution in [0.5, 0.6) is 0 Å². The van der Waals surface area contributed by atoms with Crippen LogP contribution in [0, 0.1) is 0 Å². The highest BCUT2D eigenvalue weighted by Crippen LogP contribution is 2.64. The first-order valence-corrected chi connectivity index (χ1v) is 10.9. The highest BCUT2D eigenvalue weighted by Gasteiger charge is 2.31.